The minimum Gasteiger partial charge on any atom is -0.304 e. The van der Waals surface area contributed by atoms with Crippen LogP contribution in [0.5, 0.6) is 0 Å². The standard InChI is InChI=1S/C11H20N2/c12-8-9-13-10-11-6-4-2-1-3-5-7-11/h11,13H,1-7,9-10H2. The smallest absolute Gasteiger partial charge is 0.0841 e. The fraction of sp³-hybridized carbons (Fsp3) is 0.909. The average Bonchev–Trinajstić information content (AvgIpc) is 2.08. The van der Waals surface area contributed by atoms with Crippen LogP contribution >= 0.6 is 0 Å². The van der Waals surface area contributed by atoms with E-state index in [4.69, 9.17) is 5.26 Å². The highest BCUT2D eigenvalue weighted by Crippen LogP contribution is 2.21. The molecule has 1 N–H and O–H groups in total. The van der Waals surface area contributed by atoms with Crippen LogP contribution in [0.4, 0.5) is 0 Å². The summed E-state index contributed by atoms with van der Waals surface area (Å²) in [5, 5.41) is 11.6. The van der Waals surface area contributed by atoms with Crippen LogP contribution in [0.1, 0.15) is 44.9 Å². The second-order valence-electron chi connectivity index (χ2n) is 4.00. The van der Waals surface area contributed by atoms with Gasteiger partial charge in [0.25, 0.3) is 0 Å². The van der Waals surface area contributed by atoms with Gasteiger partial charge in [-0.05, 0) is 25.3 Å². The van der Waals surface area contributed by atoms with Gasteiger partial charge in [0.1, 0.15) is 0 Å². The van der Waals surface area contributed by atoms with E-state index in [9.17, 15) is 0 Å². The molecule has 0 saturated heterocycles. The topological polar surface area (TPSA) is 35.8 Å². The molecule has 2 nitrogen and oxygen atoms in total. The molecule has 1 saturated carbocycles. The van der Waals surface area contributed by atoms with E-state index in [1.165, 1.54) is 44.9 Å². The van der Waals surface area contributed by atoms with Crippen molar-refractivity contribution in [3.05, 3.63) is 0 Å². The first kappa shape index (κ1) is 10.5. The summed E-state index contributed by atoms with van der Waals surface area (Å²) in [6.45, 7) is 1.56. The van der Waals surface area contributed by atoms with E-state index < -0.39 is 0 Å². The largest absolute Gasteiger partial charge is 0.304 e. The SMILES string of the molecule is N#CCNCC1CCCCCCC1. The molecule has 74 valence electrons. The molecule has 1 fully saturated rings. The van der Waals surface area contributed by atoms with E-state index in [0.29, 0.717) is 6.54 Å². The van der Waals surface area contributed by atoms with Gasteiger partial charge < -0.3 is 5.32 Å². The minimum atomic E-state index is 0.510. The summed E-state index contributed by atoms with van der Waals surface area (Å²) in [6.07, 6.45) is 9.75. The summed E-state index contributed by atoms with van der Waals surface area (Å²) in [5.41, 5.74) is 0. The molecule has 0 aromatic carbocycles. The Kier molecular flexibility index (Phi) is 5.60. The summed E-state index contributed by atoms with van der Waals surface area (Å²) in [7, 11) is 0. The van der Waals surface area contributed by atoms with Crippen molar-refractivity contribution in [1.82, 2.24) is 5.32 Å². The number of hydrogen-bond acceptors (Lipinski definition) is 2. The van der Waals surface area contributed by atoms with Gasteiger partial charge in [0.15, 0.2) is 0 Å². The molecule has 0 atom stereocenters. The number of rotatable bonds is 3. The van der Waals surface area contributed by atoms with Gasteiger partial charge in [0, 0.05) is 0 Å². The Balaban J connectivity index is 2.11. The molecular weight excluding hydrogens is 160 g/mol. The molecule has 1 aliphatic carbocycles. The summed E-state index contributed by atoms with van der Waals surface area (Å²) < 4.78 is 0. The fourth-order valence-electron chi connectivity index (χ4n) is 2.08. The number of hydrogen-bond donors (Lipinski definition) is 1. The normalized spacial score (nSPS) is 20.2. The lowest BCUT2D eigenvalue weighted by Gasteiger charge is -2.19. The van der Waals surface area contributed by atoms with Crippen LogP contribution in [-0.2, 0) is 0 Å². The molecule has 0 spiro atoms. The zero-order chi connectivity index (χ0) is 9.36. The van der Waals surface area contributed by atoms with Gasteiger partial charge in [0.2, 0.25) is 0 Å². The van der Waals surface area contributed by atoms with Gasteiger partial charge in [0.05, 0.1) is 12.6 Å². The molecule has 0 aromatic heterocycles. The van der Waals surface area contributed by atoms with Crippen molar-refractivity contribution in [1.29, 1.82) is 5.26 Å². The predicted octanol–water partition coefficient (Wildman–Crippen LogP) is 2.46. The number of nitrogens with one attached hydrogen (secondary N) is 1. The van der Waals surface area contributed by atoms with Gasteiger partial charge in [-0.25, -0.2) is 0 Å². The average molecular weight is 180 g/mol. The van der Waals surface area contributed by atoms with E-state index in [1.807, 2.05) is 0 Å². The molecule has 0 aromatic rings. The van der Waals surface area contributed by atoms with Gasteiger partial charge in [-0.1, -0.05) is 32.1 Å². The third-order valence-electron chi connectivity index (χ3n) is 2.86. The van der Waals surface area contributed by atoms with E-state index in [1.54, 1.807) is 0 Å². The summed E-state index contributed by atoms with van der Waals surface area (Å²) in [5.74, 6) is 0.827. The molecule has 0 aliphatic heterocycles. The Labute approximate surface area is 81.3 Å². The fourth-order valence-corrected chi connectivity index (χ4v) is 2.08. The van der Waals surface area contributed by atoms with Crippen molar-refractivity contribution in [3.63, 3.8) is 0 Å². The Hall–Kier alpha value is -0.550. The summed E-state index contributed by atoms with van der Waals surface area (Å²) in [4.78, 5) is 0. The van der Waals surface area contributed by atoms with Crippen LogP contribution < -0.4 is 5.32 Å². The Bertz CT molecular complexity index is 152. The van der Waals surface area contributed by atoms with Crippen molar-refractivity contribution in [2.24, 2.45) is 5.92 Å². The Morgan fingerprint density at radius 1 is 1.08 bits per heavy atom. The van der Waals surface area contributed by atoms with E-state index in [0.717, 1.165) is 12.5 Å². The summed E-state index contributed by atoms with van der Waals surface area (Å²) in [6, 6.07) is 2.12. The first-order valence-electron chi connectivity index (χ1n) is 5.51. The molecule has 0 heterocycles. The van der Waals surface area contributed by atoms with Crippen LogP contribution in [0.25, 0.3) is 0 Å². The van der Waals surface area contributed by atoms with Gasteiger partial charge in [-0.15, -0.1) is 0 Å². The molecule has 0 radical (unpaired) electrons. The molecule has 13 heavy (non-hydrogen) atoms. The molecule has 0 bridgehead atoms. The highest BCUT2D eigenvalue weighted by atomic mass is 14.8. The van der Waals surface area contributed by atoms with Gasteiger partial charge in [-0.3, -0.25) is 0 Å². The van der Waals surface area contributed by atoms with Crippen LogP contribution in [0.3, 0.4) is 0 Å². The number of nitriles is 1. The Morgan fingerprint density at radius 3 is 2.31 bits per heavy atom. The van der Waals surface area contributed by atoms with Crippen molar-refractivity contribution in [2.75, 3.05) is 13.1 Å². The van der Waals surface area contributed by atoms with Crippen LogP contribution in [-0.4, -0.2) is 13.1 Å². The van der Waals surface area contributed by atoms with E-state index in [-0.39, 0.29) is 0 Å². The van der Waals surface area contributed by atoms with Crippen LogP contribution in [0, 0.1) is 17.2 Å². The van der Waals surface area contributed by atoms with Crippen LogP contribution in [0.15, 0.2) is 0 Å². The lowest BCUT2D eigenvalue weighted by molar-refractivity contribution is 0.366. The second-order valence-corrected chi connectivity index (χ2v) is 4.00. The molecule has 1 rings (SSSR count). The lowest BCUT2D eigenvalue weighted by Crippen LogP contribution is -2.23. The maximum atomic E-state index is 8.38. The highest BCUT2D eigenvalue weighted by molar-refractivity contribution is 4.74. The molecule has 2 heteroatoms. The van der Waals surface area contributed by atoms with E-state index >= 15 is 0 Å². The lowest BCUT2D eigenvalue weighted by atomic mass is 9.91. The third kappa shape index (κ3) is 4.90. The second kappa shape index (κ2) is 6.91. The minimum absolute atomic E-state index is 0.510. The molecular formula is C11H20N2. The molecule has 0 amide bonds. The van der Waals surface area contributed by atoms with Crippen LogP contribution in [0.2, 0.25) is 0 Å². The van der Waals surface area contributed by atoms with Gasteiger partial charge in [-0.2, -0.15) is 5.26 Å². The van der Waals surface area contributed by atoms with Crippen molar-refractivity contribution >= 4 is 0 Å². The van der Waals surface area contributed by atoms with E-state index in [2.05, 4.69) is 11.4 Å². The van der Waals surface area contributed by atoms with Crippen molar-refractivity contribution in [2.45, 2.75) is 44.9 Å². The highest BCUT2D eigenvalue weighted by Gasteiger charge is 2.10. The first-order chi connectivity index (χ1) is 6.43. The van der Waals surface area contributed by atoms with Gasteiger partial charge >= 0.3 is 0 Å². The maximum absolute atomic E-state index is 8.38. The zero-order valence-corrected chi connectivity index (χ0v) is 8.39. The zero-order valence-electron chi connectivity index (χ0n) is 8.39. The quantitative estimate of drug-likeness (QED) is 0.535. The maximum Gasteiger partial charge on any atom is 0.0841 e. The Morgan fingerprint density at radius 2 is 1.69 bits per heavy atom. The predicted molar refractivity (Wildman–Crippen MR) is 54.3 cm³/mol. The monoisotopic (exact) mass is 180 g/mol. The molecule has 0 unspecified atom stereocenters. The first-order valence-corrected chi connectivity index (χ1v) is 5.51. The summed E-state index contributed by atoms with van der Waals surface area (Å²) >= 11 is 0. The third-order valence-corrected chi connectivity index (χ3v) is 2.86. The van der Waals surface area contributed by atoms with Crippen molar-refractivity contribution < 1.29 is 0 Å². The van der Waals surface area contributed by atoms with Crippen molar-refractivity contribution in [3.8, 4) is 6.07 Å². The number of nitrogens with zero attached hydrogens (tertiary/aromatic N) is 1. The molecule has 1 aliphatic rings.